The highest BCUT2D eigenvalue weighted by Crippen LogP contribution is 2.11. The Morgan fingerprint density at radius 3 is 2.50 bits per heavy atom. The van der Waals surface area contributed by atoms with Crippen molar-refractivity contribution >= 4 is 14.5 Å². The zero-order valence-electron chi connectivity index (χ0n) is 7.93. The van der Waals surface area contributed by atoms with Crippen LogP contribution in [0.5, 0.6) is 0 Å². The topological polar surface area (TPSA) is 0 Å². The molecule has 0 amide bonds. The molecule has 0 aliphatic heterocycles. The van der Waals surface area contributed by atoms with Crippen molar-refractivity contribution in [2.75, 3.05) is 0 Å². The first kappa shape index (κ1) is 9.74. The van der Waals surface area contributed by atoms with Crippen LogP contribution in [0.3, 0.4) is 0 Å². The molecular formula is C11H17P. The minimum atomic E-state index is 1.15. The molecule has 1 rings (SSSR count). The van der Waals surface area contributed by atoms with E-state index in [2.05, 4.69) is 41.3 Å². The second kappa shape index (κ2) is 4.62. The number of aryl methyl sites for hydroxylation is 2. The molecule has 1 heteroatoms. The molecule has 0 saturated heterocycles. The first-order valence-electron chi connectivity index (χ1n) is 4.65. The Balaban J connectivity index is 2.94. The Hall–Kier alpha value is -0.350. The predicted molar refractivity (Wildman–Crippen MR) is 59.2 cm³/mol. The van der Waals surface area contributed by atoms with E-state index in [1.54, 1.807) is 0 Å². The van der Waals surface area contributed by atoms with Gasteiger partial charge in [0.1, 0.15) is 0 Å². The van der Waals surface area contributed by atoms with Gasteiger partial charge in [-0.3, -0.25) is 0 Å². The molecule has 66 valence electrons. The monoisotopic (exact) mass is 180 g/mol. The van der Waals surface area contributed by atoms with E-state index in [9.17, 15) is 0 Å². The van der Waals surface area contributed by atoms with Crippen molar-refractivity contribution in [3.63, 3.8) is 0 Å². The van der Waals surface area contributed by atoms with Crippen LogP contribution in [0.4, 0.5) is 0 Å². The van der Waals surface area contributed by atoms with Crippen LogP contribution in [-0.2, 0) is 12.8 Å². The van der Waals surface area contributed by atoms with Gasteiger partial charge in [-0.25, -0.2) is 0 Å². The zero-order valence-corrected chi connectivity index (χ0v) is 9.09. The van der Waals surface area contributed by atoms with Crippen LogP contribution >= 0.6 is 9.24 Å². The normalized spacial score (nSPS) is 10.2. The SMILES string of the molecule is CCCc1ccc(P)cc1CC. The second-order valence-electron chi connectivity index (χ2n) is 3.13. The van der Waals surface area contributed by atoms with Crippen molar-refractivity contribution in [2.45, 2.75) is 33.1 Å². The number of benzene rings is 1. The van der Waals surface area contributed by atoms with E-state index >= 15 is 0 Å². The molecule has 0 fully saturated rings. The van der Waals surface area contributed by atoms with Crippen molar-refractivity contribution in [2.24, 2.45) is 0 Å². The molecular weight excluding hydrogens is 163 g/mol. The molecule has 0 radical (unpaired) electrons. The summed E-state index contributed by atoms with van der Waals surface area (Å²) in [7, 11) is 2.75. The van der Waals surface area contributed by atoms with Gasteiger partial charge in [0, 0.05) is 0 Å². The van der Waals surface area contributed by atoms with Gasteiger partial charge in [-0.15, -0.1) is 9.24 Å². The van der Waals surface area contributed by atoms with Crippen LogP contribution in [0.1, 0.15) is 31.4 Å². The molecule has 0 aromatic heterocycles. The zero-order chi connectivity index (χ0) is 8.97. The van der Waals surface area contributed by atoms with E-state index in [-0.39, 0.29) is 0 Å². The quantitative estimate of drug-likeness (QED) is 0.627. The van der Waals surface area contributed by atoms with E-state index < -0.39 is 0 Å². The third-order valence-electron chi connectivity index (χ3n) is 2.13. The summed E-state index contributed by atoms with van der Waals surface area (Å²) in [5.74, 6) is 0. The molecule has 0 bridgehead atoms. The summed E-state index contributed by atoms with van der Waals surface area (Å²) in [5.41, 5.74) is 3.02. The molecule has 0 aliphatic rings. The minimum absolute atomic E-state index is 1.15. The van der Waals surface area contributed by atoms with Gasteiger partial charge in [0.15, 0.2) is 0 Å². The van der Waals surface area contributed by atoms with E-state index in [4.69, 9.17) is 0 Å². The van der Waals surface area contributed by atoms with E-state index in [0.717, 1.165) is 6.42 Å². The van der Waals surface area contributed by atoms with Gasteiger partial charge in [0.05, 0.1) is 0 Å². The fraction of sp³-hybridized carbons (Fsp3) is 0.455. The lowest BCUT2D eigenvalue weighted by Crippen LogP contribution is -1.98. The third kappa shape index (κ3) is 2.32. The van der Waals surface area contributed by atoms with E-state index in [1.807, 2.05) is 0 Å². The molecule has 12 heavy (non-hydrogen) atoms. The lowest BCUT2D eigenvalue weighted by atomic mass is 10.0. The first-order chi connectivity index (χ1) is 5.77. The van der Waals surface area contributed by atoms with Crippen molar-refractivity contribution < 1.29 is 0 Å². The highest BCUT2D eigenvalue weighted by atomic mass is 31.0. The third-order valence-corrected chi connectivity index (χ3v) is 2.49. The Morgan fingerprint density at radius 2 is 1.92 bits per heavy atom. The van der Waals surface area contributed by atoms with Crippen LogP contribution in [-0.4, -0.2) is 0 Å². The summed E-state index contributed by atoms with van der Waals surface area (Å²) in [5, 5.41) is 1.30. The average molecular weight is 180 g/mol. The fourth-order valence-corrected chi connectivity index (χ4v) is 1.79. The molecule has 0 nitrogen and oxygen atoms in total. The Morgan fingerprint density at radius 1 is 1.17 bits per heavy atom. The van der Waals surface area contributed by atoms with Gasteiger partial charge in [-0.2, -0.15) is 0 Å². The summed E-state index contributed by atoms with van der Waals surface area (Å²) in [6, 6.07) is 6.70. The lowest BCUT2D eigenvalue weighted by Gasteiger charge is -2.06. The maximum atomic E-state index is 2.75. The van der Waals surface area contributed by atoms with Gasteiger partial charge >= 0.3 is 0 Å². The van der Waals surface area contributed by atoms with Gasteiger partial charge in [-0.1, -0.05) is 38.5 Å². The highest BCUT2D eigenvalue weighted by Gasteiger charge is 1.98. The van der Waals surface area contributed by atoms with Crippen LogP contribution in [0.2, 0.25) is 0 Å². The Bertz CT molecular complexity index is 253. The molecule has 0 aliphatic carbocycles. The fourth-order valence-electron chi connectivity index (χ4n) is 1.49. The first-order valence-corrected chi connectivity index (χ1v) is 5.23. The molecule has 0 saturated carbocycles. The van der Waals surface area contributed by atoms with Gasteiger partial charge in [-0.05, 0) is 29.3 Å². The molecule has 1 aromatic rings. The average Bonchev–Trinajstić information content (AvgIpc) is 2.08. The van der Waals surface area contributed by atoms with Crippen LogP contribution in [0.15, 0.2) is 18.2 Å². The van der Waals surface area contributed by atoms with Gasteiger partial charge < -0.3 is 0 Å². The highest BCUT2D eigenvalue weighted by molar-refractivity contribution is 7.27. The second-order valence-corrected chi connectivity index (χ2v) is 3.80. The minimum Gasteiger partial charge on any atom is -0.106 e. The maximum Gasteiger partial charge on any atom is -0.0279 e. The largest absolute Gasteiger partial charge is 0.106 e. The van der Waals surface area contributed by atoms with E-state index in [0.29, 0.717) is 0 Å². The number of hydrogen-bond donors (Lipinski definition) is 0. The van der Waals surface area contributed by atoms with Crippen LogP contribution in [0.25, 0.3) is 0 Å². The molecule has 1 aromatic carbocycles. The van der Waals surface area contributed by atoms with Crippen LogP contribution in [0, 0.1) is 0 Å². The predicted octanol–water partition coefficient (Wildman–Crippen LogP) is 2.70. The Labute approximate surface area is 77.6 Å². The van der Waals surface area contributed by atoms with Crippen molar-refractivity contribution in [1.82, 2.24) is 0 Å². The smallest absolute Gasteiger partial charge is 0.0279 e. The molecule has 0 N–H and O–H groups in total. The number of rotatable bonds is 3. The summed E-state index contributed by atoms with van der Waals surface area (Å²) < 4.78 is 0. The molecule has 0 heterocycles. The van der Waals surface area contributed by atoms with Crippen molar-refractivity contribution in [1.29, 1.82) is 0 Å². The van der Waals surface area contributed by atoms with Crippen molar-refractivity contribution in [3.05, 3.63) is 29.3 Å². The van der Waals surface area contributed by atoms with Gasteiger partial charge in [0.25, 0.3) is 0 Å². The molecule has 1 unspecified atom stereocenters. The summed E-state index contributed by atoms with van der Waals surface area (Å²) >= 11 is 0. The van der Waals surface area contributed by atoms with Crippen molar-refractivity contribution in [3.8, 4) is 0 Å². The number of hydrogen-bond acceptors (Lipinski definition) is 0. The Kier molecular flexibility index (Phi) is 3.75. The van der Waals surface area contributed by atoms with E-state index in [1.165, 1.54) is 29.3 Å². The maximum absolute atomic E-state index is 2.75. The summed E-state index contributed by atoms with van der Waals surface area (Å²) in [6.07, 6.45) is 3.61. The standard InChI is InChI=1S/C11H17P/c1-3-5-10-6-7-11(12)8-9(10)4-2/h6-8H,3-5,12H2,1-2H3. The summed E-state index contributed by atoms with van der Waals surface area (Å²) in [4.78, 5) is 0. The summed E-state index contributed by atoms with van der Waals surface area (Å²) in [6.45, 7) is 4.45. The molecule has 0 spiro atoms. The molecule has 1 atom stereocenters. The van der Waals surface area contributed by atoms with Gasteiger partial charge in [0.2, 0.25) is 0 Å². The van der Waals surface area contributed by atoms with Crippen LogP contribution < -0.4 is 5.30 Å². The lowest BCUT2D eigenvalue weighted by molar-refractivity contribution is 0.900.